The molecule has 1 radical (unpaired) electrons. The van der Waals surface area contributed by atoms with Gasteiger partial charge < -0.3 is 35.2 Å². The monoisotopic (exact) mass is 852 g/mol. The first-order chi connectivity index (χ1) is 26.3. The molecule has 2 aliphatic rings. The van der Waals surface area contributed by atoms with E-state index in [0.717, 1.165) is 78.8 Å². The third kappa shape index (κ3) is 17.3. The molecule has 13 heteroatoms. The SMILES string of the molecule is CCCN(CCC)Cc1ccc(-c2cc3nccc(Oc4ccc([NH-])cc4F)c3s2)nc1.COCCOCCOCCOCC(C)=C1CCC1.[NH-]C1CC1.[Y]. The molecule has 6 rings (SSSR count). The molecule has 0 atom stereocenters. The Labute approximate surface area is 356 Å². The largest absolute Gasteiger partial charge is 0.699 e. The Morgan fingerprint density at radius 2 is 1.56 bits per heavy atom. The van der Waals surface area contributed by atoms with Crippen LogP contribution in [0.15, 0.2) is 66.0 Å². The minimum absolute atomic E-state index is 0. The predicted molar refractivity (Wildman–Crippen MR) is 217 cm³/mol. The fraction of sp³-hybridized carbons (Fsp3) is 0.524. The fourth-order valence-corrected chi connectivity index (χ4v) is 6.46. The molecule has 0 aliphatic heterocycles. The normalized spacial score (nSPS) is 13.3. The van der Waals surface area contributed by atoms with Crippen LogP contribution in [0.4, 0.5) is 10.1 Å². The standard InChI is InChI=1S/C25H26FN4OS.C14H26O4.C3H6N.Y/c1-3-11-30(12-4-2)16-17-5-7-20(29-15-17)24-14-21-25(32-24)23(9-10-28-21)31-22-8-6-18(27)13-19(22)26;1-13(14-4-3-5-14)12-18-11-10-17-9-8-16-7-6-15-2;4-3-1-2-3;/h5-10,13-15,27H,3-4,11-12,16H2,1-2H3;3-12H2,1-2H3;3-4H,1-2H2;/q-1;;-1;. The van der Waals surface area contributed by atoms with Gasteiger partial charge in [0.05, 0.1) is 67.0 Å². The van der Waals surface area contributed by atoms with Crippen molar-refractivity contribution in [3.05, 3.63) is 88.9 Å². The number of aromatic nitrogens is 2. The van der Waals surface area contributed by atoms with E-state index in [4.69, 9.17) is 35.2 Å². The molecule has 0 bridgehead atoms. The molecule has 0 spiro atoms. The molecule has 4 aromatic rings. The molecule has 2 N–H and O–H groups in total. The van der Waals surface area contributed by atoms with Crippen LogP contribution in [0.3, 0.4) is 0 Å². The molecule has 0 amide bonds. The summed E-state index contributed by atoms with van der Waals surface area (Å²) >= 11 is 1.52. The van der Waals surface area contributed by atoms with Crippen LogP contribution in [0.2, 0.25) is 0 Å². The summed E-state index contributed by atoms with van der Waals surface area (Å²) in [6.07, 6.45) is 12.1. The van der Waals surface area contributed by atoms with Crippen LogP contribution in [0.1, 0.15) is 71.3 Å². The van der Waals surface area contributed by atoms with Gasteiger partial charge in [-0.2, -0.15) is 0 Å². The number of hydrogen-bond acceptors (Lipinski definition) is 9. The van der Waals surface area contributed by atoms with Gasteiger partial charge in [-0.15, -0.1) is 23.1 Å². The van der Waals surface area contributed by atoms with Gasteiger partial charge in [0.1, 0.15) is 5.75 Å². The number of methoxy groups -OCH3 is 1. The second-order valence-electron chi connectivity index (χ2n) is 13.5. The van der Waals surface area contributed by atoms with E-state index in [1.165, 1.54) is 53.9 Å². The van der Waals surface area contributed by atoms with Crippen LogP contribution in [0.25, 0.3) is 32.3 Å². The summed E-state index contributed by atoms with van der Waals surface area (Å²) in [7, 11) is 1.66. The first-order valence-electron chi connectivity index (χ1n) is 19.2. The summed E-state index contributed by atoms with van der Waals surface area (Å²) in [6, 6.07) is 12.3. The number of nitrogens with one attached hydrogen (secondary N) is 2. The summed E-state index contributed by atoms with van der Waals surface area (Å²) in [5, 5.41) is 0. The van der Waals surface area contributed by atoms with Gasteiger partial charge in [-0.25, -0.2) is 4.39 Å². The zero-order chi connectivity index (χ0) is 38.5. The Bertz CT molecular complexity index is 1690. The van der Waals surface area contributed by atoms with E-state index < -0.39 is 5.82 Å². The number of rotatable bonds is 20. The van der Waals surface area contributed by atoms with Crippen molar-refractivity contribution >= 4 is 27.2 Å². The number of allylic oxidation sites excluding steroid dienone is 1. The zero-order valence-electron chi connectivity index (χ0n) is 33.0. The quantitative estimate of drug-likeness (QED) is 0.0636. The third-order valence-electron chi connectivity index (χ3n) is 8.72. The number of halogens is 1. The van der Waals surface area contributed by atoms with Gasteiger partial charge in [0, 0.05) is 64.8 Å². The van der Waals surface area contributed by atoms with Crippen molar-refractivity contribution in [3.63, 3.8) is 0 Å². The number of hydrogen-bond donors (Lipinski definition) is 0. The van der Waals surface area contributed by atoms with Crippen LogP contribution in [-0.2, 0) is 58.2 Å². The molecule has 0 saturated heterocycles. The molecular weight excluding hydrogens is 794 g/mol. The van der Waals surface area contributed by atoms with E-state index in [9.17, 15) is 4.39 Å². The van der Waals surface area contributed by atoms with E-state index in [1.54, 1.807) is 24.9 Å². The van der Waals surface area contributed by atoms with E-state index in [0.29, 0.717) is 51.4 Å². The zero-order valence-corrected chi connectivity index (χ0v) is 36.7. The molecule has 3 aromatic heterocycles. The average molecular weight is 853 g/mol. The van der Waals surface area contributed by atoms with Crippen LogP contribution >= 0.6 is 11.3 Å². The molecule has 10 nitrogen and oxygen atoms in total. The minimum Gasteiger partial charge on any atom is -0.699 e. The number of ether oxygens (including phenoxy) is 5. The molecule has 3 heterocycles. The Morgan fingerprint density at radius 1 is 0.891 bits per heavy atom. The Morgan fingerprint density at radius 3 is 2.13 bits per heavy atom. The van der Waals surface area contributed by atoms with E-state index in [2.05, 4.69) is 41.7 Å². The first-order valence-corrected chi connectivity index (χ1v) is 20.0. The summed E-state index contributed by atoms with van der Waals surface area (Å²) in [5.74, 6) is 0.0700. The molecule has 2 saturated carbocycles. The number of nitrogens with zero attached hydrogens (tertiary/aromatic N) is 3. The Balaban J connectivity index is 0.000000297. The molecule has 55 heavy (non-hydrogen) atoms. The summed E-state index contributed by atoms with van der Waals surface area (Å²) in [4.78, 5) is 12.6. The maximum atomic E-state index is 14.2. The van der Waals surface area contributed by atoms with Gasteiger partial charge in [-0.05, 0) is 87.5 Å². The number of thiophene rings is 1. The van der Waals surface area contributed by atoms with Gasteiger partial charge in [-0.1, -0.05) is 44.4 Å². The van der Waals surface area contributed by atoms with Crippen molar-refractivity contribution in [2.45, 2.75) is 78.3 Å². The molecule has 2 aliphatic carbocycles. The smallest absolute Gasteiger partial charge is 0.164 e. The Kier molecular flexibility index (Phi) is 22.7. The summed E-state index contributed by atoms with van der Waals surface area (Å²) in [5.41, 5.74) is 20.2. The van der Waals surface area contributed by atoms with E-state index in [-0.39, 0.29) is 44.1 Å². The van der Waals surface area contributed by atoms with Gasteiger partial charge in [0.2, 0.25) is 0 Å². The molecule has 299 valence electrons. The van der Waals surface area contributed by atoms with Crippen molar-refractivity contribution in [1.82, 2.24) is 14.9 Å². The van der Waals surface area contributed by atoms with Gasteiger partial charge >= 0.3 is 0 Å². The number of benzene rings is 1. The second kappa shape index (κ2) is 26.5. The molecule has 1 aromatic carbocycles. The average Bonchev–Trinajstić information content (AvgIpc) is 3.79. The van der Waals surface area contributed by atoms with Crippen molar-refractivity contribution in [2.75, 3.05) is 66.4 Å². The summed E-state index contributed by atoms with van der Waals surface area (Å²) < 4.78 is 41.9. The second-order valence-corrected chi connectivity index (χ2v) is 14.5. The molecular formula is C42H58FN5O5SY-2. The summed E-state index contributed by atoms with van der Waals surface area (Å²) in [6.45, 7) is 14.2. The topological polar surface area (TPSA) is 123 Å². The van der Waals surface area contributed by atoms with Gasteiger partial charge in [-0.3, -0.25) is 14.9 Å². The van der Waals surface area contributed by atoms with Crippen LogP contribution in [0, 0.1) is 5.82 Å². The Hall–Kier alpha value is -2.39. The van der Waals surface area contributed by atoms with Crippen LogP contribution < -0.4 is 4.74 Å². The maximum Gasteiger partial charge on any atom is 0.164 e. The molecule has 0 unspecified atom stereocenters. The number of fused-ring (bicyclic) bond motifs is 1. The van der Waals surface area contributed by atoms with Crippen molar-refractivity contribution in [3.8, 4) is 22.1 Å². The third-order valence-corrected chi connectivity index (χ3v) is 9.88. The first kappa shape index (κ1) is 47.0. The fourth-order valence-electron chi connectivity index (χ4n) is 5.42. The van der Waals surface area contributed by atoms with Gasteiger partial charge in [0.25, 0.3) is 0 Å². The van der Waals surface area contributed by atoms with E-state index in [1.807, 2.05) is 18.3 Å². The van der Waals surface area contributed by atoms with Crippen molar-refractivity contribution in [1.29, 1.82) is 0 Å². The predicted octanol–water partition coefficient (Wildman–Crippen LogP) is 11.0. The molecule has 2 fully saturated rings. The van der Waals surface area contributed by atoms with Crippen LogP contribution in [-0.4, -0.2) is 87.4 Å². The van der Waals surface area contributed by atoms with Crippen molar-refractivity contribution < 1.29 is 60.8 Å². The minimum atomic E-state index is -0.559. The van der Waals surface area contributed by atoms with E-state index >= 15 is 0 Å². The number of pyridine rings is 2. The van der Waals surface area contributed by atoms with Crippen molar-refractivity contribution in [2.24, 2.45) is 0 Å². The maximum absolute atomic E-state index is 14.2. The van der Waals surface area contributed by atoms with Gasteiger partial charge in [0.15, 0.2) is 11.6 Å². The van der Waals surface area contributed by atoms with Crippen LogP contribution in [0.5, 0.6) is 11.5 Å².